The van der Waals surface area contributed by atoms with E-state index in [2.05, 4.69) is 26.9 Å². The molecule has 6 heteroatoms. The molecule has 0 radical (unpaired) electrons. The summed E-state index contributed by atoms with van der Waals surface area (Å²) in [6.45, 7) is 2.88. The van der Waals surface area contributed by atoms with Crippen LogP contribution in [0.1, 0.15) is 17.4 Å². The van der Waals surface area contributed by atoms with Gasteiger partial charge in [0.1, 0.15) is 5.82 Å². The van der Waals surface area contributed by atoms with E-state index in [9.17, 15) is 4.79 Å². The Morgan fingerprint density at radius 2 is 2.38 bits per heavy atom. The van der Waals surface area contributed by atoms with Gasteiger partial charge in [0, 0.05) is 11.8 Å². The van der Waals surface area contributed by atoms with Crippen molar-refractivity contribution in [2.75, 3.05) is 25.2 Å². The molecule has 1 unspecified atom stereocenters. The minimum absolute atomic E-state index is 0.212. The molecule has 0 aliphatic carbocycles. The zero-order valence-electron chi connectivity index (χ0n) is 9.56. The quantitative estimate of drug-likeness (QED) is 0.787. The first-order chi connectivity index (χ1) is 7.67. The van der Waals surface area contributed by atoms with E-state index in [1.807, 2.05) is 6.26 Å². The van der Waals surface area contributed by atoms with Gasteiger partial charge in [-0.1, -0.05) is 6.92 Å². The van der Waals surface area contributed by atoms with Gasteiger partial charge in [0.2, 0.25) is 0 Å². The van der Waals surface area contributed by atoms with Crippen molar-refractivity contribution in [3.05, 3.63) is 18.1 Å². The number of hydrogen-bond donors (Lipinski definition) is 1. The van der Waals surface area contributed by atoms with Gasteiger partial charge >= 0.3 is 5.97 Å². The van der Waals surface area contributed by atoms with Crippen molar-refractivity contribution in [1.29, 1.82) is 0 Å². The summed E-state index contributed by atoms with van der Waals surface area (Å²) in [6, 6.07) is 0. The largest absolute Gasteiger partial charge is 0.464 e. The third-order valence-electron chi connectivity index (χ3n) is 2.00. The molecule has 0 saturated carbocycles. The molecule has 1 aromatic heterocycles. The molecular formula is C10H15N3O2S. The van der Waals surface area contributed by atoms with Gasteiger partial charge in [0.15, 0.2) is 5.69 Å². The average molecular weight is 241 g/mol. The van der Waals surface area contributed by atoms with Crippen LogP contribution in [-0.2, 0) is 4.74 Å². The number of esters is 1. The number of thioether (sulfide) groups is 1. The van der Waals surface area contributed by atoms with Crippen LogP contribution in [0.3, 0.4) is 0 Å². The Hall–Kier alpha value is -1.30. The van der Waals surface area contributed by atoms with Crippen molar-refractivity contribution < 1.29 is 9.53 Å². The summed E-state index contributed by atoms with van der Waals surface area (Å²) >= 11 is 1.76. The van der Waals surface area contributed by atoms with Crippen molar-refractivity contribution >= 4 is 23.5 Å². The summed E-state index contributed by atoms with van der Waals surface area (Å²) in [5.74, 6) is 0.109. The molecule has 0 aromatic carbocycles. The number of carbonyl (C=O) groups excluding carboxylic acids is 1. The highest BCUT2D eigenvalue weighted by Gasteiger charge is 2.08. The van der Waals surface area contributed by atoms with Gasteiger partial charge in [-0.3, -0.25) is 4.98 Å². The maximum atomic E-state index is 11.2. The normalized spacial score (nSPS) is 11.9. The second-order valence-corrected chi connectivity index (χ2v) is 4.48. The zero-order valence-corrected chi connectivity index (χ0v) is 10.4. The van der Waals surface area contributed by atoms with Crippen LogP contribution in [0.25, 0.3) is 0 Å². The SMILES string of the molecule is COC(=O)c1cncc(NCC(C)SC)n1. The molecule has 0 amide bonds. The number of nitrogens with one attached hydrogen (secondary N) is 1. The fourth-order valence-electron chi connectivity index (χ4n) is 0.986. The Balaban J connectivity index is 2.64. The van der Waals surface area contributed by atoms with E-state index >= 15 is 0 Å². The fraction of sp³-hybridized carbons (Fsp3) is 0.500. The first-order valence-corrected chi connectivity index (χ1v) is 6.13. The molecule has 16 heavy (non-hydrogen) atoms. The number of rotatable bonds is 5. The summed E-state index contributed by atoms with van der Waals surface area (Å²) in [5, 5.41) is 3.59. The standard InChI is InChI=1S/C10H15N3O2S/c1-7(16-3)4-12-9-6-11-5-8(13-9)10(14)15-2/h5-7H,4H2,1-3H3,(H,12,13). The van der Waals surface area contributed by atoms with E-state index in [4.69, 9.17) is 0 Å². The van der Waals surface area contributed by atoms with Gasteiger partial charge in [0.25, 0.3) is 0 Å². The Kier molecular flexibility index (Phi) is 5.04. The van der Waals surface area contributed by atoms with E-state index < -0.39 is 5.97 Å². The minimum atomic E-state index is -0.478. The van der Waals surface area contributed by atoms with E-state index in [1.54, 1.807) is 18.0 Å². The average Bonchev–Trinajstić information content (AvgIpc) is 2.35. The molecule has 1 aromatic rings. The number of ether oxygens (including phenoxy) is 1. The number of methoxy groups -OCH3 is 1. The van der Waals surface area contributed by atoms with Gasteiger partial charge in [-0.2, -0.15) is 11.8 Å². The monoisotopic (exact) mass is 241 g/mol. The third kappa shape index (κ3) is 3.69. The van der Waals surface area contributed by atoms with Crippen LogP contribution >= 0.6 is 11.8 Å². The maximum absolute atomic E-state index is 11.2. The molecular weight excluding hydrogens is 226 g/mol. The number of anilines is 1. The van der Waals surface area contributed by atoms with Crippen molar-refractivity contribution in [3.8, 4) is 0 Å². The molecule has 0 saturated heterocycles. The van der Waals surface area contributed by atoms with Gasteiger partial charge < -0.3 is 10.1 Å². The first kappa shape index (κ1) is 12.8. The number of nitrogens with zero attached hydrogens (tertiary/aromatic N) is 2. The van der Waals surface area contributed by atoms with Gasteiger partial charge in [-0.05, 0) is 6.26 Å². The molecule has 88 valence electrons. The smallest absolute Gasteiger partial charge is 0.358 e. The van der Waals surface area contributed by atoms with E-state index in [1.165, 1.54) is 13.3 Å². The van der Waals surface area contributed by atoms with Crippen LogP contribution in [0.4, 0.5) is 5.82 Å². The molecule has 1 N–H and O–H groups in total. The molecule has 0 spiro atoms. The first-order valence-electron chi connectivity index (χ1n) is 4.84. The predicted molar refractivity (Wildman–Crippen MR) is 64.8 cm³/mol. The zero-order chi connectivity index (χ0) is 12.0. The van der Waals surface area contributed by atoms with Gasteiger partial charge in [-0.25, -0.2) is 9.78 Å². The van der Waals surface area contributed by atoms with Crippen molar-refractivity contribution in [1.82, 2.24) is 9.97 Å². The van der Waals surface area contributed by atoms with Gasteiger partial charge in [0.05, 0.1) is 19.5 Å². The van der Waals surface area contributed by atoms with Crippen LogP contribution in [-0.4, -0.2) is 41.1 Å². The Morgan fingerprint density at radius 3 is 3.00 bits per heavy atom. The van der Waals surface area contributed by atoms with E-state index in [0.717, 1.165) is 6.54 Å². The Bertz CT molecular complexity index is 360. The second kappa shape index (κ2) is 6.32. The van der Waals surface area contributed by atoms with Crippen molar-refractivity contribution in [3.63, 3.8) is 0 Å². The van der Waals surface area contributed by atoms with E-state index in [0.29, 0.717) is 11.1 Å². The summed E-state index contributed by atoms with van der Waals surface area (Å²) in [7, 11) is 1.32. The second-order valence-electron chi connectivity index (χ2n) is 3.21. The van der Waals surface area contributed by atoms with Gasteiger partial charge in [-0.15, -0.1) is 0 Å². The molecule has 0 bridgehead atoms. The highest BCUT2D eigenvalue weighted by atomic mass is 32.2. The predicted octanol–water partition coefficient (Wildman–Crippen LogP) is 1.43. The summed E-state index contributed by atoms with van der Waals surface area (Å²) in [6.07, 6.45) is 5.01. The maximum Gasteiger partial charge on any atom is 0.358 e. The molecule has 0 fully saturated rings. The lowest BCUT2D eigenvalue weighted by Gasteiger charge is -2.10. The molecule has 0 aliphatic rings. The molecule has 5 nitrogen and oxygen atoms in total. The van der Waals surface area contributed by atoms with Crippen LogP contribution in [0.15, 0.2) is 12.4 Å². The number of hydrogen-bond acceptors (Lipinski definition) is 6. The summed E-state index contributed by atoms with van der Waals surface area (Å²) in [4.78, 5) is 19.2. The van der Waals surface area contributed by atoms with Crippen molar-refractivity contribution in [2.24, 2.45) is 0 Å². The highest BCUT2D eigenvalue weighted by molar-refractivity contribution is 7.99. The lowest BCUT2D eigenvalue weighted by molar-refractivity contribution is 0.0593. The Morgan fingerprint density at radius 1 is 1.62 bits per heavy atom. The number of carbonyl (C=O) groups is 1. The number of aromatic nitrogens is 2. The van der Waals surface area contributed by atoms with Crippen LogP contribution in [0.5, 0.6) is 0 Å². The van der Waals surface area contributed by atoms with Crippen LogP contribution in [0.2, 0.25) is 0 Å². The van der Waals surface area contributed by atoms with Crippen LogP contribution in [0, 0.1) is 0 Å². The molecule has 1 atom stereocenters. The summed E-state index contributed by atoms with van der Waals surface area (Å²) in [5.41, 5.74) is 0.212. The lowest BCUT2D eigenvalue weighted by atomic mass is 10.4. The fourth-order valence-corrected chi connectivity index (χ4v) is 1.24. The minimum Gasteiger partial charge on any atom is -0.464 e. The topological polar surface area (TPSA) is 64.1 Å². The lowest BCUT2D eigenvalue weighted by Crippen LogP contribution is -2.15. The highest BCUT2D eigenvalue weighted by Crippen LogP contribution is 2.08. The molecule has 0 aliphatic heterocycles. The summed E-state index contributed by atoms with van der Waals surface area (Å²) < 4.78 is 4.56. The third-order valence-corrected chi connectivity index (χ3v) is 2.97. The molecule has 1 heterocycles. The Labute approximate surface area is 99.0 Å². The van der Waals surface area contributed by atoms with E-state index in [-0.39, 0.29) is 5.69 Å². The van der Waals surface area contributed by atoms with Crippen molar-refractivity contribution in [2.45, 2.75) is 12.2 Å². The molecule has 1 rings (SSSR count). The van der Waals surface area contributed by atoms with Crippen LogP contribution < -0.4 is 5.32 Å².